The van der Waals surface area contributed by atoms with E-state index in [0.29, 0.717) is 29.7 Å². The molecule has 29 heavy (non-hydrogen) atoms. The van der Waals surface area contributed by atoms with E-state index in [-0.39, 0.29) is 36.6 Å². The number of carbonyl (C=O) groups is 3. The van der Waals surface area contributed by atoms with Crippen LogP contribution in [0.5, 0.6) is 0 Å². The summed E-state index contributed by atoms with van der Waals surface area (Å²) >= 11 is 0. The van der Waals surface area contributed by atoms with Crippen LogP contribution in [-0.2, 0) is 16.1 Å². The lowest BCUT2D eigenvalue weighted by Gasteiger charge is -2.48. The molecule has 0 aliphatic carbocycles. The molecule has 6 nitrogen and oxygen atoms in total. The first-order chi connectivity index (χ1) is 13.8. The quantitative estimate of drug-likeness (QED) is 0.800. The molecule has 4 rings (SSSR count). The second-order valence-corrected chi connectivity index (χ2v) is 7.70. The van der Waals surface area contributed by atoms with E-state index >= 15 is 0 Å². The second-order valence-electron chi connectivity index (χ2n) is 7.70. The van der Waals surface area contributed by atoms with Crippen LogP contribution in [0, 0.1) is 5.82 Å². The van der Waals surface area contributed by atoms with Gasteiger partial charge in [0.15, 0.2) is 0 Å². The summed E-state index contributed by atoms with van der Waals surface area (Å²) in [5, 5.41) is 0. The molecular weight excluding hydrogens is 373 g/mol. The summed E-state index contributed by atoms with van der Waals surface area (Å²) in [5.41, 5.74) is 0.509. The van der Waals surface area contributed by atoms with Crippen LogP contribution < -0.4 is 4.90 Å². The highest BCUT2D eigenvalue weighted by atomic mass is 19.1. The van der Waals surface area contributed by atoms with E-state index in [1.54, 1.807) is 54.4 Å². The summed E-state index contributed by atoms with van der Waals surface area (Å²) in [6.07, 6.45) is 0.768. The number of nitrogens with zero attached hydrogens (tertiary/aromatic N) is 3. The SMILES string of the molecule is CN(Cc1ccccc1F)C(=O)CN1C(=O)c2ccccc2N2C(=O)CCC12C. The Bertz CT molecular complexity index is 1010. The molecular formula is C22H22FN3O3. The van der Waals surface area contributed by atoms with Gasteiger partial charge in [-0.15, -0.1) is 0 Å². The monoisotopic (exact) mass is 395 g/mol. The summed E-state index contributed by atoms with van der Waals surface area (Å²) in [7, 11) is 1.58. The number of carbonyl (C=O) groups excluding carboxylic acids is 3. The van der Waals surface area contributed by atoms with Gasteiger partial charge >= 0.3 is 0 Å². The van der Waals surface area contributed by atoms with Gasteiger partial charge in [-0.25, -0.2) is 4.39 Å². The van der Waals surface area contributed by atoms with E-state index < -0.39 is 5.66 Å². The normalized spacial score (nSPS) is 20.5. The molecule has 7 heteroatoms. The van der Waals surface area contributed by atoms with Crippen molar-refractivity contribution < 1.29 is 18.8 Å². The molecule has 2 aromatic rings. The third kappa shape index (κ3) is 3.06. The zero-order chi connectivity index (χ0) is 20.8. The highest BCUT2D eigenvalue weighted by Crippen LogP contribution is 2.43. The first kappa shape index (κ1) is 19.1. The lowest BCUT2D eigenvalue weighted by molar-refractivity contribution is -0.132. The molecule has 0 radical (unpaired) electrons. The van der Waals surface area contributed by atoms with Gasteiger partial charge in [-0.05, 0) is 31.5 Å². The van der Waals surface area contributed by atoms with Crippen LogP contribution >= 0.6 is 0 Å². The van der Waals surface area contributed by atoms with Crippen LogP contribution in [0.2, 0.25) is 0 Å². The number of fused-ring (bicyclic) bond motifs is 3. The van der Waals surface area contributed by atoms with Gasteiger partial charge in [0.2, 0.25) is 11.8 Å². The molecule has 0 aromatic heterocycles. The van der Waals surface area contributed by atoms with Crippen molar-refractivity contribution in [1.82, 2.24) is 9.80 Å². The fourth-order valence-corrected chi connectivity index (χ4v) is 4.17. The minimum atomic E-state index is -0.892. The summed E-state index contributed by atoms with van der Waals surface area (Å²) in [5.74, 6) is -1.04. The van der Waals surface area contributed by atoms with Crippen LogP contribution in [0.25, 0.3) is 0 Å². The Kier molecular flexibility index (Phi) is 4.61. The smallest absolute Gasteiger partial charge is 0.258 e. The number of hydrogen-bond donors (Lipinski definition) is 0. The number of anilines is 1. The van der Waals surface area contributed by atoms with Crippen LogP contribution in [0.1, 0.15) is 35.7 Å². The minimum absolute atomic E-state index is 0.0652. The Balaban J connectivity index is 1.61. The van der Waals surface area contributed by atoms with Gasteiger partial charge in [-0.2, -0.15) is 0 Å². The van der Waals surface area contributed by atoms with Crippen molar-refractivity contribution >= 4 is 23.4 Å². The molecule has 1 atom stereocenters. The van der Waals surface area contributed by atoms with E-state index in [1.807, 2.05) is 6.92 Å². The number of para-hydroxylation sites is 1. The summed E-state index contributed by atoms with van der Waals surface area (Å²) in [6, 6.07) is 13.2. The third-order valence-corrected chi connectivity index (χ3v) is 5.83. The maximum absolute atomic E-state index is 13.9. The molecule has 2 aromatic carbocycles. The van der Waals surface area contributed by atoms with Gasteiger partial charge in [-0.1, -0.05) is 30.3 Å². The summed E-state index contributed by atoms with van der Waals surface area (Å²) < 4.78 is 13.9. The molecule has 1 fully saturated rings. The largest absolute Gasteiger partial charge is 0.340 e. The predicted molar refractivity (Wildman–Crippen MR) is 105 cm³/mol. The Labute approximate surface area is 168 Å². The van der Waals surface area contributed by atoms with Crippen LogP contribution in [-0.4, -0.2) is 46.8 Å². The van der Waals surface area contributed by atoms with Crippen molar-refractivity contribution in [3.8, 4) is 0 Å². The Hall–Kier alpha value is -3.22. The van der Waals surface area contributed by atoms with Gasteiger partial charge in [0, 0.05) is 25.6 Å². The maximum atomic E-state index is 13.9. The molecule has 2 heterocycles. The van der Waals surface area contributed by atoms with Gasteiger partial charge in [0.1, 0.15) is 18.0 Å². The molecule has 0 N–H and O–H groups in total. The van der Waals surface area contributed by atoms with Crippen LogP contribution in [0.3, 0.4) is 0 Å². The zero-order valence-electron chi connectivity index (χ0n) is 16.4. The predicted octanol–water partition coefficient (Wildman–Crippen LogP) is 2.78. The molecule has 0 saturated carbocycles. The second kappa shape index (κ2) is 6.99. The summed E-state index contributed by atoms with van der Waals surface area (Å²) in [6.45, 7) is 1.73. The molecule has 0 spiro atoms. The topological polar surface area (TPSA) is 60.9 Å². The molecule has 0 bridgehead atoms. The van der Waals surface area contributed by atoms with Gasteiger partial charge in [0.05, 0.1) is 11.3 Å². The van der Waals surface area contributed by atoms with E-state index in [9.17, 15) is 18.8 Å². The van der Waals surface area contributed by atoms with Crippen molar-refractivity contribution in [3.05, 3.63) is 65.5 Å². The maximum Gasteiger partial charge on any atom is 0.258 e. The highest BCUT2D eigenvalue weighted by Gasteiger charge is 2.53. The van der Waals surface area contributed by atoms with Crippen LogP contribution in [0.4, 0.5) is 10.1 Å². The molecule has 2 aliphatic rings. The van der Waals surface area contributed by atoms with Crippen molar-refractivity contribution in [3.63, 3.8) is 0 Å². The van der Waals surface area contributed by atoms with Crippen molar-refractivity contribution in [2.75, 3.05) is 18.5 Å². The zero-order valence-corrected chi connectivity index (χ0v) is 16.4. The number of halogens is 1. The lowest BCUT2D eigenvalue weighted by atomic mass is 9.98. The minimum Gasteiger partial charge on any atom is -0.340 e. The Morgan fingerprint density at radius 1 is 1.14 bits per heavy atom. The number of likely N-dealkylation sites (N-methyl/N-ethyl adjacent to an activating group) is 1. The fourth-order valence-electron chi connectivity index (χ4n) is 4.17. The number of hydrogen-bond acceptors (Lipinski definition) is 3. The van der Waals surface area contributed by atoms with Crippen LogP contribution in [0.15, 0.2) is 48.5 Å². The highest BCUT2D eigenvalue weighted by molar-refractivity contribution is 6.11. The van der Waals surface area contributed by atoms with E-state index in [4.69, 9.17) is 0 Å². The van der Waals surface area contributed by atoms with E-state index in [0.717, 1.165) is 0 Å². The first-order valence-electron chi connectivity index (χ1n) is 9.54. The summed E-state index contributed by atoms with van der Waals surface area (Å²) in [4.78, 5) is 43.2. The van der Waals surface area contributed by atoms with E-state index in [2.05, 4.69) is 0 Å². The van der Waals surface area contributed by atoms with Crippen molar-refractivity contribution in [1.29, 1.82) is 0 Å². The molecule has 1 unspecified atom stereocenters. The number of rotatable bonds is 4. The van der Waals surface area contributed by atoms with Gasteiger partial charge < -0.3 is 9.80 Å². The molecule has 3 amide bonds. The Morgan fingerprint density at radius 2 is 1.83 bits per heavy atom. The van der Waals surface area contributed by atoms with Crippen molar-refractivity contribution in [2.45, 2.75) is 32.0 Å². The third-order valence-electron chi connectivity index (χ3n) is 5.83. The fraction of sp³-hybridized carbons (Fsp3) is 0.318. The van der Waals surface area contributed by atoms with Gasteiger partial charge in [-0.3, -0.25) is 19.3 Å². The van der Waals surface area contributed by atoms with Crippen molar-refractivity contribution in [2.24, 2.45) is 0 Å². The van der Waals surface area contributed by atoms with E-state index in [1.165, 1.54) is 15.9 Å². The molecule has 1 saturated heterocycles. The standard InChI is InChI=1S/C22H22FN3O3/c1-22-12-11-19(27)26(22)18-10-6-4-8-16(18)21(29)25(22)14-20(28)24(2)13-15-7-3-5-9-17(15)23/h3-10H,11-14H2,1-2H3. The first-order valence-corrected chi connectivity index (χ1v) is 9.54. The Morgan fingerprint density at radius 3 is 2.59 bits per heavy atom. The van der Waals surface area contributed by atoms with Gasteiger partial charge in [0.25, 0.3) is 5.91 Å². The number of amides is 3. The molecule has 2 aliphatic heterocycles. The molecule has 150 valence electrons. The number of benzene rings is 2. The lowest BCUT2D eigenvalue weighted by Crippen LogP contribution is -2.63. The average molecular weight is 395 g/mol. The average Bonchev–Trinajstić information content (AvgIpc) is 3.02.